The Morgan fingerprint density at radius 2 is 1.36 bits per heavy atom. The highest BCUT2D eigenvalue weighted by molar-refractivity contribution is 5.75. The van der Waals surface area contributed by atoms with Crippen molar-refractivity contribution in [2.45, 2.75) is 0 Å². The number of hydrogen-bond donors (Lipinski definition) is 2. The van der Waals surface area contributed by atoms with Crippen molar-refractivity contribution < 1.29 is 4.74 Å². The van der Waals surface area contributed by atoms with Crippen molar-refractivity contribution in [3.05, 3.63) is 84.9 Å². The van der Waals surface area contributed by atoms with E-state index in [0.717, 1.165) is 17.1 Å². The second-order valence-corrected chi connectivity index (χ2v) is 7.58. The fourth-order valence-corrected chi connectivity index (χ4v) is 3.68. The van der Waals surface area contributed by atoms with Crippen LogP contribution in [0.25, 0.3) is 0 Å². The largest absolute Gasteiger partial charge is 0.397 e. The maximum absolute atomic E-state index is 6.16. The molecule has 3 aromatic carbocycles. The second-order valence-electron chi connectivity index (χ2n) is 7.58. The molecule has 3 N–H and O–H groups in total. The van der Waals surface area contributed by atoms with Crippen molar-refractivity contribution in [1.29, 1.82) is 0 Å². The Hall–Kier alpha value is -4.17. The highest BCUT2D eigenvalue weighted by Gasteiger charge is 2.21. The fraction of sp³-hybridized carbons (Fsp3) is 0.160. The van der Waals surface area contributed by atoms with Gasteiger partial charge in [0.25, 0.3) is 0 Å². The molecule has 0 aliphatic carbocycles. The van der Waals surface area contributed by atoms with Crippen LogP contribution in [0.2, 0.25) is 0 Å². The van der Waals surface area contributed by atoms with E-state index in [-0.39, 0.29) is 0 Å². The summed E-state index contributed by atoms with van der Waals surface area (Å²) in [6.45, 7) is 2.70. The molecular weight excluding hydrogens is 414 g/mol. The minimum atomic E-state index is 0.427. The number of para-hydroxylation sites is 4. The van der Waals surface area contributed by atoms with Crippen LogP contribution in [0.3, 0.4) is 0 Å². The summed E-state index contributed by atoms with van der Waals surface area (Å²) >= 11 is 0. The van der Waals surface area contributed by atoms with Crippen LogP contribution in [0.4, 0.5) is 40.6 Å². The van der Waals surface area contributed by atoms with Crippen LogP contribution in [-0.4, -0.2) is 41.3 Å². The lowest BCUT2D eigenvalue weighted by Crippen LogP contribution is -2.37. The van der Waals surface area contributed by atoms with Crippen molar-refractivity contribution in [3.63, 3.8) is 0 Å². The molecule has 0 atom stereocenters. The van der Waals surface area contributed by atoms with Gasteiger partial charge in [-0.1, -0.05) is 48.5 Å². The standard InChI is InChI=1S/C25H25N7O/c26-21-13-7-8-14-22(21)27-23-28-24(31-15-17-33-18-16-31)30-25(29-23)32(19-9-3-1-4-10-19)20-11-5-2-6-12-20/h1-14H,15-18,26H2,(H,27,28,29,30). The van der Waals surface area contributed by atoms with E-state index in [1.807, 2.05) is 89.8 Å². The second kappa shape index (κ2) is 9.54. The van der Waals surface area contributed by atoms with Crippen molar-refractivity contribution in [1.82, 2.24) is 15.0 Å². The molecule has 1 fully saturated rings. The maximum atomic E-state index is 6.16. The molecule has 0 radical (unpaired) electrons. The summed E-state index contributed by atoms with van der Waals surface area (Å²) in [5, 5.41) is 3.28. The van der Waals surface area contributed by atoms with Gasteiger partial charge in [-0.25, -0.2) is 0 Å². The lowest BCUT2D eigenvalue weighted by molar-refractivity contribution is 0.122. The minimum absolute atomic E-state index is 0.427. The van der Waals surface area contributed by atoms with E-state index in [0.29, 0.717) is 49.8 Å². The van der Waals surface area contributed by atoms with Gasteiger partial charge in [0.05, 0.1) is 24.6 Å². The van der Waals surface area contributed by atoms with Gasteiger partial charge in [-0.05, 0) is 36.4 Å². The number of morpholine rings is 1. The molecule has 0 bridgehead atoms. The van der Waals surface area contributed by atoms with Gasteiger partial charge >= 0.3 is 0 Å². The predicted molar refractivity (Wildman–Crippen MR) is 132 cm³/mol. The van der Waals surface area contributed by atoms with E-state index in [2.05, 4.69) is 10.2 Å². The van der Waals surface area contributed by atoms with Crippen molar-refractivity contribution >= 4 is 40.6 Å². The first-order chi connectivity index (χ1) is 16.3. The fourth-order valence-electron chi connectivity index (χ4n) is 3.68. The van der Waals surface area contributed by atoms with Crippen LogP contribution >= 0.6 is 0 Å². The van der Waals surface area contributed by atoms with Gasteiger partial charge in [-0.2, -0.15) is 15.0 Å². The number of rotatable bonds is 6. The lowest BCUT2D eigenvalue weighted by atomic mass is 10.2. The number of anilines is 7. The molecule has 1 aliphatic rings. The van der Waals surface area contributed by atoms with Crippen LogP contribution < -0.4 is 20.9 Å². The van der Waals surface area contributed by atoms with E-state index < -0.39 is 0 Å². The van der Waals surface area contributed by atoms with Gasteiger partial charge in [-0.3, -0.25) is 4.90 Å². The summed E-state index contributed by atoms with van der Waals surface area (Å²) in [6, 6.07) is 27.7. The number of benzene rings is 3. The number of nitrogens with zero attached hydrogens (tertiary/aromatic N) is 5. The Morgan fingerprint density at radius 3 is 2.00 bits per heavy atom. The summed E-state index contributed by atoms with van der Waals surface area (Å²) in [7, 11) is 0. The van der Waals surface area contributed by atoms with Crippen LogP contribution in [0.1, 0.15) is 0 Å². The van der Waals surface area contributed by atoms with Gasteiger partial charge < -0.3 is 20.7 Å². The number of nitrogen functional groups attached to an aromatic ring is 1. The topological polar surface area (TPSA) is 92.4 Å². The van der Waals surface area contributed by atoms with Gasteiger partial charge in [0, 0.05) is 24.5 Å². The quantitative estimate of drug-likeness (QED) is 0.424. The van der Waals surface area contributed by atoms with E-state index in [4.69, 9.17) is 25.4 Å². The Kier molecular flexibility index (Phi) is 5.99. The maximum Gasteiger partial charge on any atom is 0.241 e. The first-order valence-corrected chi connectivity index (χ1v) is 10.9. The third-order valence-electron chi connectivity index (χ3n) is 5.34. The zero-order valence-corrected chi connectivity index (χ0v) is 18.1. The smallest absolute Gasteiger partial charge is 0.241 e. The molecule has 8 nitrogen and oxygen atoms in total. The van der Waals surface area contributed by atoms with E-state index in [1.54, 1.807) is 0 Å². The van der Waals surface area contributed by atoms with E-state index >= 15 is 0 Å². The molecule has 1 saturated heterocycles. The minimum Gasteiger partial charge on any atom is -0.397 e. The molecule has 166 valence electrons. The lowest BCUT2D eigenvalue weighted by Gasteiger charge is -2.29. The van der Waals surface area contributed by atoms with Crippen LogP contribution in [0.5, 0.6) is 0 Å². The Morgan fingerprint density at radius 1 is 0.758 bits per heavy atom. The number of nitrogens with two attached hydrogens (primary N) is 1. The summed E-state index contributed by atoms with van der Waals surface area (Å²) in [5.41, 5.74) is 9.43. The van der Waals surface area contributed by atoms with Gasteiger partial charge in [0.15, 0.2) is 0 Å². The molecule has 4 aromatic rings. The van der Waals surface area contributed by atoms with Gasteiger partial charge in [0.2, 0.25) is 17.8 Å². The highest BCUT2D eigenvalue weighted by Crippen LogP contribution is 2.33. The molecule has 1 aliphatic heterocycles. The molecule has 8 heteroatoms. The summed E-state index contributed by atoms with van der Waals surface area (Å²) in [6.07, 6.45) is 0. The van der Waals surface area contributed by atoms with E-state index in [9.17, 15) is 0 Å². The number of ether oxygens (including phenoxy) is 1. The first kappa shape index (κ1) is 20.7. The predicted octanol–water partition coefficient (Wildman–Crippen LogP) is 4.50. The van der Waals surface area contributed by atoms with Gasteiger partial charge in [0.1, 0.15) is 0 Å². The van der Waals surface area contributed by atoms with Crippen LogP contribution in [0, 0.1) is 0 Å². The zero-order valence-electron chi connectivity index (χ0n) is 18.1. The van der Waals surface area contributed by atoms with Crippen LogP contribution in [-0.2, 0) is 4.74 Å². The molecule has 0 spiro atoms. The van der Waals surface area contributed by atoms with Gasteiger partial charge in [-0.15, -0.1) is 0 Å². The molecule has 33 heavy (non-hydrogen) atoms. The average molecular weight is 440 g/mol. The Balaban J connectivity index is 1.63. The molecule has 1 aromatic heterocycles. The van der Waals surface area contributed by atoms with Crippen molar-refractivity contribution in [2.24, 2.45) is 0 Å². The number of aromatic nitrogens is 3. The average Bonchev–Trinajstić information content (AvgIpc) is 2.87. The molecule has 5 rings (SSSR count). The molecule has 0 amide bonds. The first-order valence-electron chi connectivity index (χ1n) is 10.9. The van der Waals surface area contributed by atoms with E-state index in [1.165, 1.54) is 0 Å². The third-order valence-corrected chi connectivity index (χ3v) is 5.34. The van der Waals surface area contributed by atoms with Crippen LogP contribution in [0.15, 0.2) is 84.9 Å². The Bertz CT molecular complexity index is 1160. The summed E-state index contributed by atoms with van der Waals surface area (Å²) < 4.78 is 5.52. The summed E-state index contributed by atoms with van der Waals surface area (Å²) in [5.74, 6) is 1.54. The zero-order chi connectivity index (χ0) is 22.5. The molecule has 0 unspecified atom stereocenters. The van der Waals surface area contributed by atoms with Crippen molar-refractivity contribution in [3.8, 4) is 0 Å². The third kappa shape index (κ3) is 4.70. The SMILES string of the molecule is Nc1ccccc1Nc1nc(N2CCOCC2)nc(N(c2ccccc2)c2ccccc2)n1. The normalized spacial score (nSPS) is 13.5. The molecule has 0 saturated carbocycles. The number of hydrogen-bond acceptors (Lipinski definition) is 8. The number of nitrogens with one attached hydrogen (secondary N) is 1. The summed E-state index contributed by atoms with van der Waals surface area (Å²) in [4.78, 5) is 18.5. The molecule has 2 heterocycles. The Labute approximate surface area is 192 Å². The molecular formula is C25H25N7O. The van der Waals surface area contributed by atoms with Crippen molar-refractivity contribution in [2.75, 3.05) is 47.2 Å². The highest BCUT2D eigenvalue weighted by atomic mass is 16.5. The monoisotopic (exact) mass is 439 g/mol.